The quantitative estimate of drug-likeness (QED) is 0.641. The van der Waals surface area contributed by atoms with E-state index < -0.39 is 24.2 Å². The van der Waals surface area contributed by atoms with E-state index in [0.29, 0.717) is 41.5 Å². The maximum Gasteiger partial charge on any atom is 0.410 e. The molecule has 1 aliphatic heterocycles. The molecule has 2 fully saturated rings. The second-order valence-corrected chi connectivity index (χ2v) is 8.68. The Morgan fingerprint density at radius 1 is 1.23 bits per heavy atom. The van der Waals surface area contributed by atoms with Gasteiger partial charge < -0.3 is 19.5 Å². The zero-order valence-corrected chi connectivity index (χ0v) is 18.3. The van der Waals surface area contributed by atoms with Gasteiger partial charge in [0.15, 0.2) is 0 Å². The van der Waals surface area contributed by atoms with Gasteiger partial charge in [0.2, 0.25) is 0 Å². The van der Waals surface area contributed by atoms with Gasteiger partial charge in [0, 0.05) is 34.6 Å². The highest BCUT2D eigenvalue weighted by Crippen LogP contribution is 2.52. The number of benzene rings is 1. The summed E-state index contributed by atoms with van der Waals surface area (Å²) in [6, 6.07) is 4.02. The molecule has 3 rings (SSSR count). The average Bonchev–Trinajstić information content (AvgIpc) is 2.59. The summed E-state index contributed by atoms with van der Waals surface area (Å²) in [5, 5.41) is 9.86. The topological polar surface area (TPSA) is 96.4 Å². The van der Waals surface area contributed by atoms with E-state index in [1.54, 1.807) is 25.1 Å². The van der Waals surface area contributed by atoms with E-state index in [0.717, 1.165) is 0 Å². The molecule has 30 heavy (non-hydrogen) atoms. The molecule has 0 aromatic heterocycles. The maximum absolute atomic E-state index is 12.7. The third kappa shape index (κ3) is 4.59. The molecule has 164 valence electrons. The molecule has 1 N–H and O–H groups in total. The SMILES string of the molecule is CCOC(=O)CC(c1cc(Cl)cc(Cl)c1)N(C(=O)OC)C1CC2(C1)CN(C(=O)O)C2. The highest BCUT2D eigenvalue weighted by Gasteiger charge is 2.57. The summed E-state index contributed by atoms with van der Waals surface area (Å²) in [4.78, 5) is 39.0. The van der Waals surface area contributed by atoms with Gasteiger partial charge >= 0.3 is 18.2 Å². The largest absolute Gasteiger partial charge is 0.466 e. The Hall–Kier alpha value is -2.19. The zero-order valence-electron chi connectivity index (χ0n) is 16.8. The Balaban J connectivity index is 1.86. The summed E-state index contributed by atoms with van der Waals surface area (Å²) in [6.45, 7) is 2.82. The van der Waals surface area contributed by atoms with E-state index in [-0.39, 0.29) is 24.5 Å². The van der Waals surface area contributed by atoms with Gasteiger partial charge in [-0.05, 0) is 43.5 Å². The number of carbonyl (C=O) groups excluding carboxylic acids is 2. The number of carbonyl (C=O) groups is 3. The third-order valence-corrected chi connectivity index (χ3v) is 6.15. The van der Waals surface area contributed by atoms with Crippen molar-refractivity contribution in [3.8, 4) is 0 Å². The lowest BCUT2D eigenvalue weighted by atomic mass is 9.60. The number of methoxy groups -OCH3 is 1. The van der Waals surface area contributed by atoms with Crippen molar-refractivity contribution in [3.63, 3.8) is 0 Å². The molecular formula is C20H24Cl2N2O6. The summed E-state index contributed by atoms with van der Waals surface area (Å²) in [5.41, 5.74) is 0.475. The fourth-order valence-electron chi connectivity index (χ4n) is 4.45. The fourth-order valence-corrected chi connectivity index (χ4v) is 4.99. The van der Waals surface area contributed by atoms with Crippen LogP contribution < -0.4 is 0 Å². The molecule has 1 aromatic rings. The van der Waals surface area contributed by atoms with Gasteiger partial charge in [-0.15, -0.1) is 0 Å². The predicted octanol–water partition coefficient (Wildman–Crippen LogP) is 4.20. The van der Waals surface area contributed by atoms with Crippen molar-refractivity contribution in [3.05, 3.63) is 33.8 Å². The minimum atomic E-state index is -0.942. The molecule has 0 bridgehead atoms. The number of hydrogen-bond donors (Lipinski definition) is 1. The lowest BCUT2D eigenvalue weighted by Gasteiger charge is -2.60. The zero-order chi connectivity index (χ0) is 22.1. The highest BCUT2D eigenvalue weighted by atomic mass is 35.5. The fraction of sp³-hybridized carbons (Fsp3) is 0.550. The van der Waals surface area contributed by atoms with Crippen molar-refractivity contribution in [1.29, 1.82) is 0 Å². The van der Waals surface area contributed by atoms with Crippen molar-refractivity contribution >= 4 is 41.4 Å². The molecule has 1 aliphatic carbocycles. The minimum Gasteiger partial charge on any atom is -0.466 e. The van der Waals surface area contributed by atoms with Crippen LogP contribution in [0.25, 0.3) is 0 Å². The van der Waals surface area contributed by atoms with Gasteiger partial charge in [-0.1, -0.05) is 23.2 Å². The molecule has 0 radical (unpaired) electrons. The molecule has 1 aromatic carbocycles. The number of amides is 2. The lowest BCUT2D eigenvalue weighted by Crippen LogP contribution is -2.68. The third-order valence-electron chi connectivity index (χ3n) is 5.71. The molecule has 1 saturated heterocycles. The van der Waals surface area contributed by atoms with Crippen molar-refractivity contribution in [1.82, 2.24) is 9.80 Å². The number of nitrogens with zero attached hydrogens (tertiary/aromatic N) is 2. The van der Waals surface area contributed by atoms with Crippen LogP contribution >= 0.6 is 23.2 Å². The predicted molar refractivity (Wildman–Crippen MR) is 110 cm³/mol. The van der Waals surface area contributed by atoms with Crippen molar-refractivity contribution < 1.29 is 29.0 Å². The molecule has 8 nitrogen and oxygen atoms in total. The van der Waals surface area contributed by atoms with E-state index in [9.17, 15) is 14.4 Å². The summed E-state index contributed by atoms with van der Waals surface area (Å²) in [5.74, 6) is -0.456. The van der Waals surface area contributed by atoms with Gasteiger partial charge in [-0.3, -0.25) is 9.69 Å². The Labute approximate surface area is 184 Å². The van der Waals surface area contributed by atoms with Crippen molar-refractivity contribution in [2.45, 2.75) is 38.3 Å². The summed E-state index contributed by atoms with van der Waals surface area (Å²) in [6.07, 6.45) is -0.346. The first-order valence-corrected chi connectivity index (χ1v) is 10.4. The molecule has 2 aliphatic rings. The molecule has 10 heteroatoms. The highest BCUT2D eigenvalue weighted by molar-refractivity contribution is 6.34. The first kappa shape index (κ1) is 22.5. The van der Waals surface area contributed by atoms with E-state index in [4.69, 9.17) is 37.8 Å². The monoisotopic (exact) mass is 458 g/mol. The number of carboxylic acid groups (broad SMARTS) is 1. The first-order chi connectivity index (χ1) is 14.2. The Morgan fingerprint density at radius 2 is 1.83 bits per heavy atom. The molecular weight excluding hydrogens is 435 g/mol. The minimum absolute atomic E-state index is 0.0790. The van der Waals surface area contributed by atoms with Crippen LogP contribution in [-0.4, -0.2) is 65.9 Å². The van der Waals surface area contributed by atoms with Crippen LogP contribution in [0, 0.1) is 5.41 Å². The van der Waals surface area contributed by atoms with Gasteiger partial charge in [-0.25, -0.2) is 9.59 Å². The average molecular weight is 459 g/mol. The van der Waals surface area contributed by atoms with Crippen LogP contribution in [0.2, 0.25) is 10.0 Å². The molecule has 1 atom stereocenters. The second-order valence-electron chi connectivity index (χ2n) is 7.81. The summed E-state index contributed by atoms with van der Waals surface area (Å²) in [7, 11) is 1.28. The van der Waals surface area contributed by atoms with E-state index >= 15 is 0 Å². The Kier molecular flexibility index (Phi) is 6.67. The molecule has 1 spiro atoms. The second kappa shape index (κ2) is 8.89. The number of ether oxygens (including phenoxy) is 2. The van der Waals surface area contributed by atoms with Crippen LogP contribution in [0.15, 0.2) is 18.2 Å². The number of hydrogen-bond acceptors (Lipinski definition) is 5. The lowest BCUT2D eigenvalue weighted by molar-refractivity contribution is -0.146. The van der Waals surface area contributed by atoms with E-state index in [1.807, 2.05) is 0 Å². The number of rotatable bonds is 6. The van der Waals surface area contributed by atoms with Crippen molar-refractivity contribution in [2.24, 2.45) is 5.41 Å². The van der Waals surface area contributed by atoms with Gasteiger partial charge in [-0.2, -0.15) is 0 Å². The van der Waals surface area contributed by atoms with Crippen LogP contribution in [0.5, 0.6) is 0 Å². The van der Waals surface area contributed by atoms with Crippen molar-refractivity contribution in [2.75, 3.05) is 26.8 Å². The molecule has 1 heterocycles. The number of halogens is 2. The Bertz CT molecular complexity index is 814. The molecule has 2 amide bonds. The van der Waals surface area contributed by atoms with Crippen LogP contribution in [-0.2, 0) is 14.3 Å². The van der Waals surface area contributed by atoms with Crippen LogP contribution in [0.4, 0.5) is 9.59 Å². The maximum atomic E-state index is 12.7. The molecule has 1 saturated carbocycles. The summed E-state index contributed by atoms with van der Waals surface area (Å²) >= 11 is 12.3. The normalized spacial score (nSPS) is 18.2. The van der Waals surface area contributed by atoms with Gasteiger partial charge in [0.05, 0.1) is 26.2 Å². The Morgan fingerprint density at radius 3 is 2.33 bits per heavy atom. The van der Waals surface area contributed by atoms with Crippen LogP contribution in [0.1, 0.15) is 37.8 Å². The number of likely N-dealkylation sites (tertiary alicyclic amines) is 1. The summed E-state index contributed by atoms with van der Waals surface area (Å²) < 4.78 is 10.1. The van der Waals surface area contributed by atoms with E-state index in [2.05, 4.69) is 0 Å². The van der Waals surface area contributed by atoms with Gasteiger partial charge in [0.25, 0.3) is 0 Å². The standard InChI is InChI=1S/C20H24Cl2N2O6/c1-3-30-17(25)7-16(12-4-13(21)6-14(22)5-12)24(19(28)29-2)15-8-20(9-15)10-23(11-20)18(26)27/h4-6,15-16H,3,7-11H2,1-2H3,(H,26,27). The molecule has 1 unspecified atom stereocenters. The smallest absolute Gasteiger partial charge is 0.410 e. The number of esters is 1. The van der Waals surface area contributed by atoms with E-state index in [1.165, 1.54) is 16.9 Å². The first-order valence-electron chi connectivity index (χ1n) is 9.64. The van der Waals surface area contributed by atoms with Crippen LogP contribution in [0.3, 0.4) is 0 Å². The van der Waals surface area contributed by atoms with Gasteiger partial charge in [0.1, 0.15) is 0 Å².